The van der Waals surface area contributed by atoms with Crippen LogP contribution in [0.4, 0.5) is 0 Å². The van der Waals surface area contributed by atoms with Gasteiger partial charge in [0.25, 0.3) is 0 Å². The molecule has 2 aromatic rings. The molecule has 0 radical (unpaired) electrons. The summed E-state index contributed by atoms with van der Waals surface area (Å²) in [6.45, 7) is 8.26. The molecule has 1 N–H and O–H groups in total. The minimum atomic E-state index is -3.59. The van der Waals surface area contributed by atoms with Gasteiger partial charge in [-0.2, -0.15) is 0 Å². The fourth-order valence-corrected chi connectivity index (χ4v) is 3.76. The molecule has 0 spiro atoms. The van der Waals surface area contributed by atoms with Crippen LogP contribution in [0.5, 0.6) is 0 Å². The molecule has 0 unspecified atom stereocenters. The molecule has 6 heteroatoms. The van der Waals surface area contributed by atoms with Crippen LogP contribution in [0.2, 0.25) is 0 Å². The van der Waals surface area contributed by atoms with Crippen LogP contribution in [0.25, 0.3) is 0 Å². The van der Waals surface area contributed by atoms with Crippen molar-refractivity contribution in [2.75, 3.05) is 13.1 Å². The molecule has 0 aliphatic heterocycles. The van der Waals surface area contributed by atoms with Gasteiger partial charge in [0.15, 0.2) is 0 Å². The number of benzene rings is 2. The first-order chi connectivity index (χ1) is 12.2. The first kappa shape index (κ1) is 20.1. The Labute approximate surface area is 156 Å². The lowest BCUT2D eigenvalue weighted by Gasteiger charge is -2.21. The average molecular weight is 375 g/mol. The third-order valence-corrected chi connectivity index (χ3v) is 5.82. The molecular weight excluding hydrogens is 348 g/mol. The van der Waals surface area contributed by atoms with Crippen molar-refractivity contribution in [2.24, 2.45) is 0 Å². The number of rotatable bonds is 7. The van der Waals surface area contributed by atoms with Crippen molar-refractivity contribution in [3.63, 3.8) is 0 Å². The molecule has 1 amide bonds. The second-order valence-electron chi connectivity index (χ2n) is 6.57. The highest BCUT2D eigenvalue weighted by atomic mass is 32.2. The van der Waals surface area contributed by atoms with Gasteiger partial charge < -0.3 is 4.90 Å². The summed E-state index contributed by atoms with van der Waals surface area (Å²) in [6, 6.07) is 13.0. The number of amides is 1. The van der Waals surface area contributed by atoms with Crippen LogP contribution in [0.1, 0.15) is 29.2 Å². The molecule has 140 valence electrons. The van der Waals surface area contributed by atoms with Crippen LogP contribution >= 0.6 is 0 Å². The summed E-state index contributed by atoms with van der Waals surface area (Å²) in [5.74, 6) is -0.0862. The molecule has 0 saturated heterocycles. The quantitative estimate of drug-likeness (QED) is 0.810. The van der Waals surface area contributed by atoms with Gasteiger partial charge in [0, 0.05) is 26.6 Å². The number of hydrogen-bond acceptors (Lipinski definition) is 3. The Kier molecular flexibility index (Phi) is 6.56. The van der Waals surface area contributed by atoms with Crippen molar-refractivity contribution in [2.45, 2.75) is 39.1 Å². The first-order valence-electron chi connectivity index (χ1n) is 8.57. The van der Waals surface area contributed by atoms with Gasteiger partial charge >= 0.3 is 0 Å². The van der Waals surface area contributed by atoms with Gasteiger partial charge in [-0.25, -0.2) is 13.1 Å². The van der Waals surface area contributed by atoms with Crippen molar-refractivity contribution in [3.05, 3.63) is 64.7 Å². The zero-order chi connectivity index (χ0) is 19.3. The number of nitrogens with zero attached hydrogens (tertiary/aromatic N) is 1. The van der Waals surface area contributed by atoms with Crippen molar-refractivity contribution in [3.8, 4) is 0 Å². The van der Waals surface area contributed by atoms with E-state index in [4.69, 9.17) is 0 Å². The summed E-state index contributed by atoms with van der Waals surface area (Å²) in [6.07, 6.45) is 0. The topological polar surface area (TPSA) is 66.5 Å². The highest BCUT2D eigenvalue weighted by molar-refractivity contribution is 7.89. The number of carbonyl (C=O) groups is 1. The third-order valence-electron chi connectivity index (χ3n) is 4.36. The Hall–Kier alpha value is -2.18. The molecule has 0 heterocycles. The molecule has 2 rings (SSSR count). The molecule has 0 aliphatic rings. The van der Waals surface area contributed by atoms with E-state index >= 15 is 0 Å². The summed E-state index contributed by atoms with van der Waals surface area (Å²) in [7, 11) is -3.59. The molecule has 0 aromatic heterocycles. The lowest BCUT2D eigenvalue weighted by Crippen LogP contribution is -2.37. The second kappa shape index (κ2) is 8.47. The average Bonchev–Trinajstić information content (AvgIpc) is 2.56. The van der Waals surface area contributed by atoms with Crippen molar-refractivity contribution >= 4 is 15.9 Å². The maximum atomic E-state index is 12.4. The molecule has 0 saturated carbocycles. The van der Waals surface area contributed by atoms with Crippen LogP contribution in [-0.2, 0) is 21.4 Å². The summed E-state index contributed by atoms with van der Waals surface area (Å²) in [5.41, 5.74) is 4.13. The normalized spacial score (nSPS) is 11.4. The van der Waals surface area contributed by atoms with Crippen LogP contribution in [0.15, 0.2) is 47.4 Å². The number of hydrogen-bond donors (Lipinski definition) is 1. The van der Waals surface area contributed by atoms with Crippen molar-refractivity contribution < 1.29 is 13.2 Å². The SMILES string of the molecule is CC(=O)N(CCNS(=O)(=O)c1ccc(C)c(C)c1)Cc1cccc(C)c1. The largest absolute Gasteiger partial charge is 0.337 e. The molecule has 0 atom stereocenters. The Balaban J connectivity index is 2.00. The summed E-state index contributed by atoms with van der Waals surface area (Å²) in [5, 5.41) is 0. The Morgan fingerprint density at radius 3 is 2.38 bits per heavy atom. The monoisotopic (exact) mass is 374 g/mol. The highest BCUT2D eigenvalue weighted by Crippen LogP contribution is 2.14. The van der Waals surface area contributed by atoms with E-state index in [9.17, 15) is 13.2 Å². The minimum Gasteiger partial charge on any atom is -0.337 e. The van der Waals surface area contributed by atoms with E-state index in [0.29, 0.717) is 13.1 Å². The van der Waals surface area contributed by atoms with Crippen molar-refractivity contribution in [1.82, 2.24) is 9.62 Å². The van der Waals surface area contributed by atoms with E-state index in [-0.39, 0.29) is 17.3 Å². The van der Waals surface area contributed by atoms with Crippen LogP contribution < -0.4 is 4.72 Å². The van der Waals surface area contributed by atoms with Crippen LogP contribution in [0.3, 0.4) is 0 Å². The lowest BCUT2D eigenvalue weighted by molar-refractivity contribution is -0.129. The van der Waals surface area contributed by atoms with E-state index in [0.717, 1.165) is 22.3 Å². The molecular formula is C20H26N2O3S. The smallest absolute Gasteiger partial charge is 0.240 e. The van der Waals surface area contributed by atoms with E-state index in [1.165, 1.54) is 6.92 Å². The standard InChI is InChI=1S/C20H26N2O3S/c1-15-6-5-7-19(12-15)14-22(18(4)23)11-10-21-26(24,25)20-9-8-16(2)17(3)13-20/h5-9,12-13,21H,10-11,14H2,1-4H3. The van der Waals surface area contributed by atoms with Gasteiger partial charge in [0.2, 0.25) is 15.9 Å². The number of aryl methyl sites for hydroxylation is 3. The molecule has 0 aliphatic carbocycles. The maximum absolute atomic E-state index is 12.4. The zero-order valence-electron chi connectivity index (χ0n) is 15.7. The summed E-state index contributed by atoms with van der Waals surface area (Å²) >= 11 is 0. The van der Waals surface area contributed by atoms with Crippen LogP contribution in [0, 0.1) is 20.8 Å². The molecule has 0 fully saturated rings. The third kappa shape index (κ3) is 5.41. The molecule has 5 nitrogen and oxygen atoms in total. The van der Waals surface area contributed by atoms with Crippen LogP contribution in [-0.4, -0.2) is 32.3 Å². The molecule has 0 bridgehead atoms. The van der Waals surface area contributed by atoms with Crippen molar-refractivity contribution in [1.29, 1.82) is 0 Å². The second-order valence-corrected chi connectivity index (χ2v) is 8.34. The van der Waals surface area contributed by atoms with E-state index in [1.54, 1.807) is 23.1 Å². The molecule has 2 aromatic carbocycles. The van der Waals surface area contributed by atoms with Gasteiger partial charge in [0.1, 0.15) is 0 Å². The Morgan fingerprint density at radius 2 is 1.77 bits per heavy atom. The first-order valence-corrected chi connectivity index (χ1v) is 10.1. The lowest BCUT2D eigenvalue weighted by atomic mass is 10.1. The Bertz CT molecular complexity index is 892. The predicted octanol–water partition coefficient (Wildman–Crippen LogP) is 2.94. The fraction of sp³-hybridized carbons (Fsp3) is 0.350. The minimum absolute atomic E-state index is 0.0862. The number of nitrogens with one attached hydrogen (secondary N) is 1. The number of sulfonamides is 1. The number of carbonyl (C=O) groups excluding carboxylic acids is 1. The summed E-state index contributed by atoms with van der Waals surface area (Å²) < 4.78 is 27.5. The van der Waals surface area contributed by atoms with Gasteiger partial charge in [-0.3, -0.25) is 4.79 Å². The van der Waals surface area contributed by atoms with Gasteiger partial charge in [0.05, 0.1) is 4.90 Å². The highest BCUT2D eigenvalue weighted by Gasteiger charge is 2.16. The van der Waals surface area contributed by atoms with E-state index in [1.807, 2.05) is 45.0 Å². The van der Waals surface area contributed by atoms with Gasteiger partial charge in [-0.05, 0) is 49.6 Å². The van der Waals surface area contributed by atoms with Gasteiger partial charge in [-0.15, -0.1) is 0 Å². The Morgan fingerprint density at radius 1 is 1.04 bits per heavy atom. The van der Waals surface area contributed by atoms with E-state index in [2.05, 4.69) is 4.72 Å². The fourth-order valence-electron chi connectivity index (χ4n) is 2.66. The summed E-state index contributed by atoms with van der Waals surface area (Å²) in [4.78, 5) is 13.8. The molecule has 26 heavy (non-hydrogen) atoms. The zero-order valence-corrected chi connectivity index (χ0v) is 16.6. The van der Waals surface area contributed by atoms with Gasteiger partial charge in [-0.1, -0.05) is 35.9 Å². The van der Waals surface area contributed by atoms with E-state index < -0.39 is 10.0 Å². The predicted molar refractivity (Wildman–Crippen MR) is 103 cm³/mol. The maximum Gasteiger partial charge on any atom is 0.240 e.